The van der Waals surface area contributed by atoms with E-state index in [1.54, 1.807) is 11.3 Å². The van der Waals surface area contributed by atoms with Gasteiger partial charge >= 0.3 is 0 Å². The molecule has 2 aromatic rings. The first kappa shape index (κ1) is 14.9. The lowest BCUT2D eigenvalue weighted by molar-refractivity contribution is 0.606. The average Bonchev–Trinajstić information content (AvgIpc) is 2.96. The first-order chi connectivity index (χ1) is 9.70. The number of anilines is 1. The van der Waals surface area contributed by atoms with Crippen molar-refractivity contribution in [3.8, 4) is 0 Å². The summed E-state index contributed by atoms with van der Waals surface area (Å²) < 4.78 is 0. The van der Waals surface area contributed by atoms with E-state index >= 15 is 0 Å². The summed E-state index contributed by atoms with van der Waals surface area (Å²) >= 11 is 1.76. The van der Waals surface area contributed by atoms with Crippen molar-refractivity contribution in [1.82, 2.24) is 15.3 Å². The lowest BCUT2D eigenvalue weighted by atomic mass is 10.2. The second-order valence-electron chi connectivity index (χ2n) is 4.85. The standard InChI is InChI=1S/C15H22N4S/c1-4-17-12(2)14-11-18-15(20-14)19(3)10-7-13-5-8-16-9-6-13/h5-6,8-9,11-12,17H,4,7,10H2,1-3H3. The molecule has 5 heteroatoms. The molecule has 2 rings (SSSR count). The fourth-order valence-electron chi connectivity index (χ4n) is 2.00. The molecule has 0 amide bonds. The van der Waals surface area contributed by atoms with Gasteiger partial charge in [-0.2, -0.15) is 0 Å². The first-order valence-corrected chi connectivity index (χ1v) is 7.81. The van der Waals surface area contributed by atoms with Crippen LogP contribution in [0.5, 0.6) is 0 Å². The third-order valence-corrected chi connectivity index (χ3v) is 4.55. The highest BCUT2D eigenvalue weighted by Gasteiger charge is 2.11. The van der Waals surface area contributed by atoms with Crippen LogP contribution < -0.4 is 10.2 Å². The Labute approximate surface area is 124 Å². The van der Waals surface area contributed by atoms with Gasteiger partial charge in [-0.15, -0.1) is 11.3 Å². The summed E-state index contributed by atoms with van der Waals surface area (Å²) in [5.41, 5.74) is 1.31. The highest BCUT2D eigenvalue weighted by molar-refractivity contribution is 7.15. The summed E-state index contributed by atoms with van der Waals surface area (Å²) in [5.74, 6) is 0. The minimum absolute atomic E-state index is 0.375. The SMILES string of the molecule is CCNC(C)c1cnc(N(C)CCc2ccncc2)s1. The molecule has 0 aliphatic heterocycles. The largest absolute Gasteiger partial charge is 0.351 e. The molecular formula is C15H22N4S. The van der Waals surface area contributed by atoms with Crippen LogP contribution in [-0.4, -0.2) is 30.1 Å². The quantitative estimate of drug-likeness (QED) is 0.851. The van der Waals surface area contributed by atoms with Crippen molar-refractivity contribution < 1.29 is 0 Å². The third-order valence-electron chi connectivity index (χ3n) is 3.26. The van der Waals surface area contributed by atoms with Gasteiger partial charge in [0.25, 0.3) is 0 Å². The molecule has 1 unspecified atom stereocenters. The Balaban J connectivity index is 1.91. The van der Waals surface area contributed by atoms with Crippen LogP contribution in [-0.2, 0) is 6.42 Å². The van der Waals surface area contributed by atoms with E-state index in [1.165, 1.54) is 10.4 Å². The summed E-state index contributed by atoms with van der Waals surface area (Å²) in [6.45, 7) is 6.25. The van der Waals surface area contributed by atoms with Gasteiger partial charge in [0.2, 0.25) is 0 Å². The van der Waals surface area contributed by atoms with E-state index < -0.39 is 0 Å². The van der Waals surface area contributed by atoms with Gasteiger partial charge in [-0.25, -0.2) is 4.98 Å². The van der Waals surface area contributed by atoms with Gasteiger partial charge < -0.3 is 10.2 Å². The molecule has 20 heavy (non-hydrogen) atoms. The summed E-state index contributed by atoms with van der Waals surface area (Å²) in [6.07, 6.45) is 6.68. The normalized spacial score (nSPS) is 12.3. The monoisotopic (exact) mass is 290 g/mol. The Bertz CT molecular complexity index is 512. The molecule has 2 heterocycles. The van der Waals surface area contributed by atoms with Crippen molar-refractivity contribution >= 4 is 16.5 Å². The zero-order chi connectivity index (χ0) is 14.4. The van der Waals surface area contributed by atoms with Crippen molar-refractivity contribution in [2.24, 2.45) is 0 Å². The van der Waals surface area contributed by atoms with Crippen molar-refractivity contribution in [1.29, 1.82) is 0 Å². The predicted octanol–water partition coefficient (Wildman–Crippen LogP) is 2.89. The van der Waals surface area contributed by atoms with Gasteiger partial charge in [0, 0.05) is 43.1 Å². The molecule has 2 aromatic heterocycles. The molecule has 0 fully saturated rings. The maximum atomic E-state index is 4.52. The van der Waals surface area contributed by atoms with Crippen LogP contribution in [0.1, 0.15) is 30.3 Å². The number of hydrogen-bond donors (Lipinski definition) is 1. The summed E-state index contributed by atoms with van der Waals surface area (Å²) in [4.78, 5) is 12.1. The Morgan fingerprint density at radius 2 is 2.10 bits per heavy atom. The second-order valence-corrected chi connectivity index (χ2v) is 5.89. The van der Waals surface area contributed by atoms with E-state index in [4.69, 9.17) is 0 Å². The fraction of sp³-hybridized carbons (Fsp3) is 0.467. The lowest BCUT2D eigenvalue weighted by Crippen LogP contribution is -2.20. The highest BCUT2D eigenvalue weighted by atomic mass is 32.1. The zero-order valence-electron chi connectivity index (χ0n) is 12.3. The minimum atomic E-state index is 0.375. The molecule has 4 nitrogen and oxygen atoms in total. The van der Waals surface area contributed by atoms with Gasteiger partial charge in [-0.1, -0.05) is 6.92 Å². The molecular weight excluding hydrogens is 268 g/mol. The molecule has 0 spiro atoms. The molecule has 108 valence electrons. The molecule has 0 radical (unpaired) electrons. The highest BCUT2D eigenvalue weighted by Crippen LogP contribution is 2.26. The maximum absolute atomic E-state index is 4.52. The molecule has 0 aromatic carbocycles. The van der Waals surface area contributed by atoms with Gasteiger partial charge in [-0.3, -0.25) is 4.98 Å². The van der Waals surface area contributed by atoms with E-state index in [0.717, 1.165) is 24.6 Å². The van der Waals surface area contributed by atoms with Crippen LogP contribution in [0.3, 0.4) is 0 Å². The predicted molar refractivity (Wildman–Crippen MR) is 85.4 cm³/mol. The number of aromatic nitrogens is 2. The topological polar surface area (TPSA) is 41.1 Å². The molecule has 0 aliphatic rings. The number of nitrogens with one attached hydrogen (secondary N) is 1. The van der Waals surface area contributed by atoms with E-state index in [2.05, 4.69) is 53.2 Å². The van der Waals surface area contributed by atoms with Crippen molar-refractivity contribution in [2.75, 3.05) is 25.0 Å². The second kappa shape index (κ2) is 7.36. The summed E-state index contributed by atoms with van der Waals surface area (Å²) in [6, 6.07) is 4.50. The molecule has 0 saturated carbocycles. The van der Waals surface area contributed by atoms with Crippen LogP contribution in [0.4, 0.5) is 5.13 Å². The number of nitrogens with zero attached hydrogens (tertiary/aromatic N) is 3. The van der Waals surface area contributed by atoms with Gasteiger partial charge in [0.15, 0.2) is 5.13 Å². The Morgan fingerprint density at radius 3 is 2.80 bits per heavy atom. The van der Waals surface area contributed by atoms with Crippen molar-refractivity contribution in [3.63, 3.8) is 0 Å². The van der Waals surface area contributed by atoms with Gasteiger partial charge in [0.1, 0.15) is 0 Å². The molecule has 1 atom stereocenters. The van der Waals surface area contributed by atoms with Crippen LogP contribution >= 0.6 is 11.3 Å². The lowest BCUT2D eigenvalue weighted by Gasteiger charge is -2.15. The first-order valence-electron chi connectivity index (χ1n) is 7.00. The van der Waals surface area contributed by atoms with E-state index in [1.807, 2.05) is 18.6 Å². The van der Waals surface area contributed by atoms with Gasteiger partial charge in [0.05, 0.1) is 0 Å². The molecule has 1 N–H and O–H groups in total. The van der Waals surface area contributed by atoms with Gasteiger partial charge in [-0.05, 0) is 37.6 Å². The van der Waals surface area contributed by atoms with E-state index in [9.17, 15) is 0 Å². The van der Waals surface area contributed by atoms with Crippen LogP contribution in [0, 0.1) is 0 Å². The number of hydrogen-bond acceptors (Lipinski definition) is 5. The fourth-order valence-corrected chi connectivity index (χ4v) is 2.93. The molecule has 0 bridgehead atoms. The third kappa shape index (κ3) is 4.02. The van der Waals surface area contributed by atoms with Crippen molar-refractivity contribution in [2.45, 2.75) is 26.3 Å². The Kier molecular flexibility index (Phi) is 5.49. The number of pyridine rings is 1. The molecule has 0 aliphatic carbocycles. The average molecular weight is 290 g/mol. The Hall–Kier alpha value is -1.46. The van der Waals surface area contributed by atoms with E-state index in [0.29, 0.717) is 6.04 Å². The minimum Gasteiger partial charge on any atom is -0.351 e. The molecule has 0 saturated heterocycles. The number of rotatable bonds is 7. The summed E-state index contributed by atoms with van der Waals surface area (Å²) in [7, 11) is 2.10. The Morgan fingerprint density at radius 1 is 1.35 bits per heavy atom. The number of likely N-dealkylation sites (N-methyl/N-ethyl adjacent to an activating group) is 1. The van der Waals surface area contributed by atoms with Crippen molar-refractivity contribution in [3.05, 3.63) is 41.2 Å². The summed E-state index contributed by atoms with van der Waals surface area (Å²) in [5, 5.41) is 4.50. The van der Waals surface area contributed by atoms with E-state index in [-0.39, 0.29) is 0 Å². The zero-order valence-corrected chi connectivity index (χ0v) is 13.2. The number of thiazole rings is 1. The van der Waals surface area contributed by atoms with Crippen LogP contribution in [0.15, 0.2) is 30.7 Å². The van der Waals surface area contributed by atoms with Crippen LogP contribution in [0.25, 0.3) is 0 Å². The van der Waals surface area contributed by atoms with Crippen LogP contribution in [0.2, 0.25) is 0 Å². The smallest absolute Gasteiger partial charge is 0.185 e. The maximum Gasteiger partial charge on any atom is 0.185 e.